The number of benzene rings is 1. The van der Waals surface area contributed by atoms with Gasteiger partial charge in [-0.15, -0.1) is 0 Å². The molecule has 1 unspecified atom stereocenters. The average molecular weight is 334 g/mol. The Morgan fingerprint density at radius 2 is 1.75 bits per heavy atom. The van der Waals surface area contributed by atoms with Gasteiger partial charge in [-0.2, -0.15) is 0 Å². The van der Waals surface area contributed by atoms with Gasteiger partial charge in [-0.3, -0.25) is 14.8 Å². The van der Waals surface area contributed by atoms with Crippen molar-refractivity contribution in [2.24, 2.45) is 11.3 Å². The number of carbonyl (C=O) groups excluding carboxylic acids is 2. The van der Waals surface area contributed by atoms with E-state index in [-0.39, 0.29) is 11.8 Å². The van der Waals surface area contributed by atoms with Gasteiger partial charge in [0.2, 0.25) is 5.91 Å². The molecule has 0 heterocycles. The topological polar surface area (TPSA) is 69.6 Å². The van der Waals surface area contributed by atoms with E-state index in [1.54, 1.807) is 12.5 Å². The maximum atomic E-state index is 12.9. The number of nitrogens with one attached hydrogen (secondary N) is 1. The van der Waals surface area contributed by atoms with E-state index in [9.17, 15) is 9.59 Å². The van der Waals surface area contributed by atoms with Crippen LogP contribution in [-0.4, -0.2) is 35.0 Å². The highest BCUT2D eigenvalue weighted by Gasteiger charge is 2.37. The minimum absolute atomic E-state index is 0.0981. The van der Waals surface area contributed by atoms with E-state index in [1.165, 1.54) is 16.0 Å². The van der Waals surface area contributed by atoms with Crippen molar-refractivity contribution in [1.29, 1.82) is 0 Å². The highest BCUT2D eigenvalue weighted by molar-refractivity contribution is 5.89. The average Bonchev–Trinajstić information content (AvgIpc) is 2.53. The summed E-state index contributed by atoms with van der Waals surface area (Å²) in [6.07, 6.45) is 1.48. The number of amides is 2. The molecule has 5 heteroatoms. The fraction of sp³-hybridized carbons (Fsp3) is 0.579. The second kappa shape index (κ2) is 8.29. The Labute approximate surface area is 145 Å². The van der Waals surface area contributed by atoms with Crippen LogP contribution < -0.4 is 5.48 Å². The van der Waals surface area contributed by atoms with Crippen molar-refractivity contribution in [2.45, 2.75) is 53.5 Å². The van der Waals surface area contributed by atoms with Crippen molar-refractivity contribution in [3.05, 3.63) is 35.4 Å². The van der Waals surface area contributed by atoms with Crippen molar-refractivity contribution in [3.63, 3.8) is 0 Å². The Kier molecular flexibility index (Phi) is 6.96. The number of hydroxylamine groups is 1. The number of carbonyl (C=O) groups is 2. The van der Waals surface area contributed by atoms with Gasteiger partial charge in [0, 0.05) is 12.5 Å². The fourth-order valence-corrected chi connectivity index (χ4v) is 2.91. The second-order valence-electron chi connectivity index (χ2n) is 7.45. The minimum atomic E-state index is -0.693. The Morgan fingerprint density at radius 3 is 2.21 bits per heavy atom. The maximum Gasteiger partial charge on any atom is 0.266 e. The molecule has 0 aliphatic rings. The predicted molar refractivity (Wildman–Crippen MR) is 94.6 cm³/mol. The summed E-state index contributed by atoms with van der Waals surface area (Å²) in [5, 5.41) is 8.92. The first-order chi connectivity index (χ1) is 11.1. The third-order valence-corrected chi connectivity index (χ3v) is 4.49. The van der Waals surface area contributed by atoms with Crippen LogP contribution in [0.15, 0.2) is 24.3 Å². The van der Waals surface area contributed by atoms with Crippen LogP contribution in [0.4, 0.5) is 0 Å². The molecule has 0 fully saturated rings. The van der Waals surface area contributed by atoms with Crippen LogP contribution in [0.1, 0.15) is 45.2 Å². The van der Waals surface area contributed by atoms with E-state index < -0.39 is 17.4 Å². The zero-order valence-electron chi connectivity index (χ0n) is 15.6. The van der Waals surface area contributed by atoms with E-state index in [1.807, 2.05) is 34.6 Å². The van der Waals surface area contributed by atoms with Crippen molar-refractivity contribution in [1.82, 2.24) is 10.4 Å². The van der Waals surface area contributed by atoms with Crippen LogP contribution in [0, 0.1) is 18.3 Å². The number of rotatable bonds is 7. The zero-order chi connectivity index (χ0) is 18.5. The van der Waals surface area contributed by atoms with Crippen molar-refractivity contribution in [3.8, 4) is 0 Å². The monoisotopic (exact) mass is 334 g/mol. The van der Waals surface area contributed by atoms with Crippen LogP contribution in [0.25, 0.3) is 0 Å². The SMILES string of the molecule is Cc1ccc(CCC(C)(C)C(=O)N(C)C(C(=O)NO)C(C)C)cc1. The van der Waals surface area contributed by atoms with Crippen LogP contribution >= 0.6 is 0 Å². The standard InChI is InChI=1S/C19H30N2O3/c1-13(2)16(17(22)20-24)21(6)18(23)19(4,5)12-11-15-9-7-14(3)8-10-15/h7-10,13,16,24H,11-12H2,1-6H3,(H,20,22). The van der Waals surface area contributed by atoms with E-state index in [2.05, 4.69) is 24.3 Å². The van der Waals surface area contributed by atoms with Crippen LogP contribution in [0.5, 0.6) is 0 Å². The molecular weight excluding hydrogens is 304 g/mol. The molecule has 0 aliphatic heterocycles. The fourth-order valence-electron chi connectivity index (χ4n) is 2.91. The molecule has 0 radical (unpaired) electrons. The number of hydrogen-bond acceptors (Lipinski definition) is 3. The summed E-state index contributed by atoms with van der Waals surface area (Å²) < 4.78 is 0. The number of aryl methyl sites for hydroxylation is 2. The number of likely N-dealkylation sites (N-methyl/N-ethyl adjacent to an activating group) is 1. The van der Waals surface area contributed by atoms with Gasteiger partial charge in [0.05, 0.1) is 0 Å². The normalized spacial score (nSPS) is 12.8. The van der Waals surface area contributed by atoms with Gasteiger partial charge in [-0.25, -0.2) is 5.48 Å². The third kappa shape index (κ3) is 5.06. The zero-order valence-corrected chi connectivity index (χ0v) is 15.6. The van der Waals surface area contributed by atoms with Gasteiger partial charge in [0.15, 0.2) is 0 Å². The highest BCUT2D eigenvalue weighted by atomic mass is 16.5. The number of hydrogen-bond donors (Lipinski definition) is 2. The molecule has 0 bridgehead atoms. The number of nitrogens with zero attached hydrogens (tertiary/aromatic N) is 1. The van der Waals surface area contributed by atoms with E-state index >= 15 is 0 Å². The first kappa shape index (κ1) is 20.2. The summed E-state index contributed by atoms with van der Waals surface area (Å²) in [4.78, 5) is 26.2. The quantitative estimate of drug-likeness (QED) is 0.595. The summed E-state index contributed by atoms with van der Waals surface area (Å²) in [6.45, 7) is 9.54. The lowest BCUT2D eigenvalue weighted by molar-refractivity contribution is -0.150. The summed E-state index contributed by atoms with van der Waals surface area (Å²) in [7, 11) is 1.62. The molecule has 5 nitrogen and oxygen atoms in total. The Bertz CT molecular complexity index is 564. The van der Waals surface area contributed by atoms with Gasteiger partial charge in [-0.1, -0.05) is 57.5 Å². The molecule has 1 rings (SSSR count). The Hall–Kier alpha value is -1.88. The molecular formula is C19H30N2O3. The largest absolute Gasteiger partial charge is 0.333 e. The summed E-state index contributed by atoms with van der Waals surface area (Å²) >= 11 is 0. The van der Waals surface area contributed by atoms with Gasteiger partial charge >= 0.3 is 0 Å². The molecule has 0 aromatic heterocycles. The highest BCUT2D eigenvalue weighted by Crippen LogP contribution is 2.27. The third-order valence-electron chi connectivity index (χ3n) is 4.49. The van der Waals surface area contributed by atoms with Crippen molar-refractivity contribution in [2.75, 3.05) is 7.05 Å². The molecule has 1 aromatic rings. The van der Waals surface area contributed by atoms with Crippen molar-refractivity contribution < 1.29 is 14.8 Å². The molecule has 0 saturated heterocycles. The van der Waals surface area contributed by atoms with Gasteiger partial charge < -0.3 is 4.90 Å². The van der Waals surface area contributed by atoms with E-state index in [4.69, 9.17) is 5.21 Å². The molecule has 0 aliphatic carbocycles. The molecule has 2 amide bonds. The Balaban J connectivity index is 2.81. The van der Waals surface area contributed by atoms with Gasteiger partial charge in [0.25, 0.3) is 5.91 Å². The lowest BCUT2D eigenvalue weighted by Crippen LogP contribution is -2.53. The van der Waals surface area contributed by atoms with E-state index in [0.717, 1.165) is 6.42 Å². The van der Waals surface area contributed by atoms with Crippen molar-refractivity contribution >= 4 is 11.8 Å². The lowest BCUT2D eigenvalue weighted by Gasteiger charge is -2.35. The summed E-state index contributed by atoms with van der Waals surface area (Å²) in [5.41, 5.74) is 3.47. The smallest absolute Gasteiger partial charge is 0.266 e. The molecule has 1 atom stereocenters. The molecule has 24 heavy (non-hydrogen) atoms. The summed E-state index contributed by atoms with van der Waals surface area (Å²) in [6, 6.07) is 7.60. The molecule has 0 spiro atoms. The Morgan fingerprint density at radius 1 is 1.21 bits per heavy atom. The van der Waals surface area contributed by atoms with Gasteiger partial charge in [0.1, 0.15) is 6.04 Å². The van der Waals surface area contributed by atoms with Gasteiger partial charge in [-0.05, 0) is 31.2 Å². The molecule has 1 aromatic carbocycles. The maximum absolute atomic E-state index is 12.9. The molecule has 0 saturated carbocycles. The second-order valence-corrected chi connectivity index (χ2v) is 7.45. The van der Waals surface area contributed by atoms with E-state index in [0.29, 0.717) is 6.42 Å². The molecule has 2 N–H and O–H groups in total. The minimum Gasteiger partial charge on any atom is -0.333 e. The lowest BCUT2D eigenvalue weighted by atomic mass is 9.84. The van der Waals surface area contributed by atoms with Crippen LogP contribution in [0.3, 0.4) is 0 Å². The first-order valence-corrected chi connectivity index (χ1v) is 8.37. The molecule has 134 valence electrons. The first-order valence-electron chi connectivity index (χ1n) is 8.37. The van der Waals surface area contributed by atoms with Crippen LogP contribution in [-0.2, 0) is 16.0 Å². The van der Waals surface area contributed by atoms with Crippen LogP contribution in [0.2, 0.25) is 0 Å². The predicted octanol–water partition coefficient (Wildman–Crippen LogP) is 2.94. The summed E-state index contributed by atoms with van der Waals surface area (Å²) in [5.74, 6) is -0.758.